The first-order valence-corrected chi connectivity index (χ1v) is 6.35. The van der Waals surface area contributed by atoms with Gasteiger partial charge in [0.1, 0.15) is 6.61 Å². The van der Waals surface area contributed by atoms with Crippen LogP contribution in [0.2, 0.25) is 0 Å². The van der Waals surface area contributed by atoms with Gasteiger partial charge < -0.3 is 14.6 Å². The standard InChI is InChI=1S/C12H23N3O2/c1-4-8-16-9-11-14-12(17-15-11)6-5-7-13-10(2)3/h10,13H,4-9H2,1-3H3. The van der Waals surface area contributed by atoms with Crippen LogP contribution in [0, 0.1) is 0 Å². The summed E-state index contributed by atoms with van der Waals surface area (Å²) in [5.41, 5.74) is 0. The molecule has 5 nitrogen and oxygen atoms in total. The Labute approximate surface area is 103 Å². The van der Waals surface area contributed by atoms with Gasteiger partial charge in [-0.05, 0) is 19.4 Å². The molecule has 0 saturated carbocycles. The van der Waals surface area contributed by atoms with Gasteiger partial charge in [-0.3, -0.25) is 0 Å². The summed E-state index contributed by atoms with van der Waals surface area (Å²) in [5, 5.41) is 7.22. The molecule has 0 aliphatic carbocycles. The first kappa shape index (κ1) is 14.1. The van der Waals surface area contributed by atoms with E-state index in [0.29, 0.717) is 24.4 Å². The summed E-state index contributed by atoms with van der Waals surface area (Å²) < 4.78 is 10.5. The maximum atomic E-state index is 5.34. The van der Waals surface area contributed by atoms with Gasteiger partial charge in [-0.15, -0.1) is 0 Å². The van der Waals surface area contributed by atoms with Crippen molar-refractivity contribution in [3.63, 3.8) is 0 Å². The van der Waals surface area contributed by atoms with Crippen LogP contribution < -0.4 is 5.32 Å². The van der Waals surface area contributed by atoms with Crippen molar-refractivity contribution in [2.75, 3.05) is 13.2 Å². The predicted molar refractivity (Wildman–Crippen MR) is 65.7 cm³/mol. The molecule has 0 aliphatic heterocycles. The molecule has 1 heterocycles. The Kier molecular flexibility index (Phi) is 6.81. The van der Waals surface area contributed by atoms with E-state index in [9.17, 15) is 0 Å². The van der Waals surface area contributed by atoms with Gasteiger partial charge in [0, 0.05) is 19.1 Å². The topological polar surface area (TPSA) is 60.2 Å². The number of rotatable bonds is 9. The molecule has 0 bridgehead atoms. The largest absolute Gasteiger partial charge is 0.373 e. The van der Waals surface area contributed by atoms with Crippen molar-refractivity contribution in [3.8, 4) is 0 Å². The highest BCUT2D eigenvalue weighted by atomic mass is 16.5. The lowest BCUT2D eigenvalue weighted by Gasteiger charge is -2.05. The SMILES string of the molecule is CCCOCc1noc(CCCNC(C)C)n1. The molecule has 1 rings (SSSR count). The van der Waals surface area contributed by atoms with Crippen LogP contribution in [-0.4, -0.2) is 29.3 Å². The van der Waals surface area contributed by atoms with E-state index in [-0.39, 0.29) is 0 Å². The molecular formula is C12H23N3O2. The minimum absolute atomic E-state index is 0.446. The van der Waals surface area contributed by atoms with Crippen molar-refractivity contribution in [3.05, 3.63) is 11.7 Å². The molecule has 0 saturated heterocycles. The number of hydrogen-bond acceptors (Lipinski definition) is 5. The Hall–Kier alpha value is -0.940. The molecule has 1 aromatic heterocycles. The van der Waals surface area contributed by atoms with E-state index in [0.717, 1.165) is 32.4 Å². The lowest BCUT2D eigenvalue weighted by atomic mass is 10.3. The van der Waals surface area contributed by atoms with Crippen LogP contribution in [0.4, 0.5) is 0 Å². The van der Waals surface area contributed by atoms with Gasteiger partial charge in [0.25, 0.3) is 0 Å². The minimum atomic E-state index is 0.446. The first-order valence-electron chi connectivity index (χ1n) is 6.35. The Morgan fingerprint density at radius 2 is 2.24 bits per heavy atom. The molecular weight excluding hydrogens is 218 g/mol. The van der Waals surface area contributed by atoms with Gasteiger partial charge in [-0.1, -0.05) is 25.9 Å². The van der Waals surface area contributed by atoms with Gasteiger partial charge in [0.2, 0.25) is 5.89 Å². The zero-order valence-corrected chi connectivity index (χ0v) is 11.0. The second-order valence-corrected chi connectivity index (χ2v) is 4.37. The molecule has 1 aromatic rings. The fourth-order valence-corrected chi connectivity index (χ4v) is 1.39. The molecule has 0 aliphatic rings. The highest BCUT2D eigenvalue weighted by molar-refractivity contribution is 4.84. The van der Waals surface area contributed by atoms with Crippen LogP contribution in [0.1, 0.15) is 45.3 Å². The smallest absolute Gasteiger partial charge is 0.226 e. The fraction of sp³-hybridized carbons (Fsp3) is 0.833. The molecule has 0 fully saturated rings. The van der Waals surface area contributed by atoms with Crippen LogP contribution in [-0.2, 0) is 17.8 Å². The van der Waals surface area contributed by atoms with Crippen molar-refractivity contribution >= 4 is 0 Å². The molecule has 0 spiro atoms. The number of aryl methyl sites for hydroxylation is 1. The number of hydrogen-bond donors (Lipinski definition) is 1. The minimum Gasteiger partial charge on any atom is -0.373 e. The summed E-state index contributed by atoms with van der Waals surface area (Å²) in [6.07, 6.45) is 2.84. The van der Waals surface area contributed by atoms with Crippen LogP contribution in [0.25, 0.3) is 0 Å². The van der Waals surface area contributed by atoms with Crippen LogP contribution in [0.15, 0.2) is 4.52 Å². The molecule has 0 unspecified atom stereocenters. The number of nitrogens with one attached hydrogen (secondary N) is 1. The van der Waals surface area contributed by atoms with Crippen LogP contribution >= 0.6 is 0 Å². The average Bonchev–Trinajstić information content (AvgIpc) is 2.73. The summed E-state index contributed by atoms with van der Waals surface area (Å²) in [7, 11) is 0. The lowest BCUT2D eigenvalue weighted by molar-refractivity contribution is 0.114. The van der Waals surface area contributed by atoms with E-state index in [1.165, 1.54) is 0 Å². The van der Waals surface area contributed by atoms with Crippen LogP contribution in [0.5, 0.6) is 0 Å². The Bertz CT molecular complexity index is 300. The summed E-state index contributed by atoms with van der Waals surface area (Å²) >= 11 is 0. The predicted octanol–water partition coefficient (Wildman–Crippen LogP) is 1.93. The average molecular weight is 241 g/mol. The van der Waals surface area contributed by atoms with Crippen molar-refractivity contribution < 1.29 is 9.26 Å². The van der Waals surface area contributed by atoms with Crippen molar-refractivity contribution in [2.24, 2.45) is 0 Å². The monoisotopic (exact) mass is 241 g/mol. The van der Waals surface area contributed by atoms with Gasteiger partial charge in [0.15, 0.2) is 5.82 Å². The second-order valence-electron chi connectivity index (χ2n) is 4.37. The van der Waals surface area contributed by atoms with Crippen LogP contribution in [0.3, 0.4) is 0 Å². The summed E-state index contributed by atoms with van der Waals surface area (Å²) in [5.74, 6) is 1.34. The molecule has 17 heavy (non-hydrogen) atoms. The molecule has 98 valence electrons. The normalized spacial score (nSPS) is 11.3. The second kappa shape index (κ2) is 8.20. The lowest BCUT2D eigenvalue weighted by Crippen LogP contribution is -2.23. The Morgan fingerprint density at radius 1 is 1.41 bits per heavy atom. The Morgan fingerprint density at radius 3 is 2.94 bits per heavy atom. The highest BCUT2D eigenvalue weighted by Gasteiger charge is 2.05. The maximum Gasteiger partial charge on any atom is 0.226 e. The van der Waals surface area contributed by atoms with E-state index >= 15 is 0 Å². The molecule has 0 amide bonds. The third kappa shape index (κ3) is 6.38. The molecule has 5 heteroatoms. The Balaban J connectivity index is 2.16. The zero-order valence-electron chi connectivity index (χ0n) is 11.0. The highest BCUT2D eigenvalue weighted by Crippen LogP contribution is 2.02. The van der Waals surface area contributed by atoms with E-state index in [1.807, 2.05) is 0 Å². The van der Waals surface area contributed by atoms with E-state index in [1.54, 1.807) is 0 Å². The van der Waals surface area contributed by atoms with E-state index in [2.05, 4.69) is 36.2 Å². The van der Waals surface area contributed by atoms with Crippen molar-refractivity contribution in [1.82, 2.24) is 15.5 Å². The van der Waals surface area contributed by atoms with Gasteiger partial charge in [0.05, 0.1) is 0 Å². The van der Waals surface area contributed by atoms with Gasteiger partial charge in [-0.2, -0.15) is 4.98 Å². The number of aromatic nitrogens is 2. The third-order valence-electron chi connectivity index (χ3n) is 2.21. The zero-order chi connectivity index (χ0) is 12.5. The summed E-state index contributed by atoms with van der Waals surface area (Å²) in [6.45, 7) is 8.50. The molecule has 0 radical (unpaired) electrons. The molecule has 1 N–H and O–H groups in total. The van der Waals surface area contributed by atoms with E-state index < -0.39 is 0 Å². The number of nitrogens with zero attached hydrogens (tertiary/aromatic N) is 2. The van der Waals surface area contributed by atoms with E-state index in [4.69, 9.17) is 9.26 Å². The van der Waals surface area contributed by atoms with Gasteiger partial charge in [-0.25, -0.2) is 0 Å². The van der Waals surface area contributed by atoms with Crippen molar-refractivity contribution in [2.45, 2.75) is 52.7 Å². The third-order valence-corrected chi connectivity index (χ3v) is 2.21. The quantitative estimate of drug-likeness (QED) is 0.669. The fourth-order valence-electron chi connectivity index (χ4n) is 1.39. The summed E-state index contributed by atoms with van der Waals surface area (Å²) in [4.78, 5) is 4.27. The first-order chi connectivity index (χ1) is 8.22. The molecule has 0 aromatic carbocycles. The maximum absolute atomic E-state index is 5.34. The van der Waals surface area contributed by atoms with Gasteiger partial charge >= 0.3 is 0 Å². The number of ether oxygens (including phenoxy) is 1. The molecule has 0 atom stereocenters. The summed E-state index contributed by atoms with van der Waals surface area (Å²) in [6, 6.07) is 0.524. The van der Waals surface area contributed by atoms with Crippen molar-refractivity contribution in [1.29, 1.82) is 0 Å².